The van der Waals surface area contributed by atoms with Crippen LogP contribution in [0, 0.1) is 11.8 Å². The lowest BCUT2D eigenvalue weighted by Crippen LogP contribution is -2.26. The largest absolute Gasteiger partial charge is 0.478 e. The molecule has 110 valence electrons. The van der Waals surface area contributed by atoms with Crippen LogP contribution >= 0.6 is 11.3 Å². The summed E-state index contributed by atoms with van der Waals surface area (Å²) in [5.74, 6) is 0.636. The predicted octanol–water partition coefficient (Wildman–Crippen LogP) is 4.19. The monoisotopic (exact) mass is 294 g/mol. The molecule has 1 aromatic rings. The maximum absolute atomic E-state index is 10.5. The Morgan fingerprint density at radius 3 is 2.90 bits per heavy atom. The van der Waals surface area contributed by atoms with Crippen LogP contribution in [-0.2, 0) is 16.1 Å². The van der Waals surface area contributed by atoms with E-state index >= 15 is 0 Å². The minimum atomic E-state index is -0.915. The maximum atomic E-state index is 10.5. The molecule has 1 saturated carbocycles. The van der Waals surface area contributed by atoms with Gasteiger partial charge in [-0.1, -0.05) is 13.8 Å². The van der Waals surface area contributed by atoms with Crippen molar-refractivity contribution in [1.82, 2.24) is 0 Å². The number of hydrogen-bond donors (Lipinski definition) is 1. The standard InChI is InChI=1S/C16H22O3S/c1-11-3-4-13(9-12(11)2)19-10-15-6-5-14(20-15)7-8-16(17)18/h5-8,11-13H,3-4,9-10H2,1-2H3,(H,17,18). The van der Waals surface area contributed by atoms with E-state index in [-0.39, 0.29) is 0 Å². The lowest BCUT2D eigenvalue weighted by atomic mass is 9.80. The molecule has 1 fully saturated rings. The van der Waals surface area contributed by atoms with E-state index in [0.29, 0.717) is 12.7 Å². The minimum absolute atomic E-state index is 0.376. The Kier molecular flexibility index (Phi) is 5.38. The fourth-order valence-electron chi connectivity index (χ4n) is 2.56. The van der Waals surface area contributed by atoms with Crippen molar-refractivity contribution in [2.75, 3.05) is 0 Å². The van der Waals surface area contributed by atoms with Gasteiger partial charge in [0.25, 0.3) is 0 Å². The van der Waals surface area contributed by atoms with Crippen molar-refractivity contribution in [2.24, 2.45) is 11.8 Å². The molecular weight excluding hydrogens is 272 g/mol. The highest BCUT2D eigenvalue weighted by Gasteiger charge is 2.24. The highest BCUT2D eigenvalue weighted by molar-refractivity contribution is 7.12. The van der Waals surface area contributed by atoms with Gasteiger partial charge in [-0.15, -0.1) is 11.3 Å². The lowest BCUT2D eigenvalue weighted by Gasteiger charge is -2.31. The average Bonchev–Trinajstić information content (AvgIpc) is 2.86. The quantitative estimate of drug-likeness (QED) is 0.828. The Bertz CT molecular complexity index is 478. The fourth-order valence-corrected chi connectivity index (χ4v) is 3.40. The second kappa shape index (κ2) is 7.04. The summed E-state index contributed by atoms with van der Waals surface area (Å²) in [4.78, 5) is 12.6. The van der Waals surface area contributed by atoms with Gasteiger partial charge in [0.1, 0.15) is 0 Å². The highest BCUT2D eigenvalue weighted by Crippen LogP contribution is 2.31. The highest BCUT2D eigenvalue weighted by atomic mass is 32.1. The number of carbonyl (C=O) groups is 1. The first kappa shape index (κ1) is 15.3. The summed E-state index contributed by atoms with van der Waals surface area (Å²) in [6, 6.07) is 3.95. The van der Waals surface area contributed by atoms with E-state index in [4.69, 9.17) is 9.84 Å². The smallest absolute Gasteiger partial charge is 0.328 e. The molecule has 4 heteroatoms. The van der Waals surface area contributed by atoms with Crippen LogP contribution in [0.25, 0.3) is 6.08 Å². The summed E-state index contributed by atoms with van der Waals surface area (Å²) in [5, 5.41) is 8.59. The molecule has 0 bridgehead atoms. The first-order chi connectivity index (χ1) is 9.54. The van der Waals surface area contributed by atoms with E-state index in [9.17, 15) is 4.79 Å². The van der Waals surface area contributed by atoms with Crippen molar-refractivity contribution < 1.29 is 14.6 Å². The zero-order chi connectivity index (χ0) is 14.5. The van der Waals surface area contributed by atoms with Crippen LogP contribution in [0.3, 0.4) is 0 Å². The van der Waals surface area contributed by atoms with Gasteiger partial charge in [0, 0.05) is 15.8 Å². The van der Waals surface area contributed by atoms with Crippen molar-refractivity contribution in [1.29, 1.82) is 0 Å². The fraction of sp³-hybridized carbons (Fsp3) is 0.562. The first-order valence-corrected chi connectivity index (χ1v) is 7.97. The molecule has 1 aromatic heterocycles. The molecule has 3 nitrogen and oxygen atoms in total. The summed E-state index contributed by atoms with van der Waals surface area (Å²) < 4.78 is 6.00. The van der Waals surface area contributed by atoms with Gasteiger partial charge in [-0.3, -0.25) is 0 Å². The van der Waals surface area contributed by atoms with E-state index in [0.717, 1.165) is 34.4 Å². The number of carboxylic acid groups (broad SMARTS) is 1. The number of thiophene rings is 1. The molecule has 1 aliphatic rings. The van der Waals surface area contributed by atoms with Crippen molar-refractivity contribution in [3.8, 4) is 0 Å². The molecule has 0 spiro atoms. The van der Waals surface area contributed by atoms with Gasteiger partial charge in [-0.05, 0) is 49.3 Å². The maximum Gasteiger partial charge on any atom is 0.328 e. The second-order valence-corrected chi connectivity index (χ2v) is 6.88. The molecule has 1 heterocycles. The summed E-state index contributed by atoms with van der Waals surface area (Å²) in [5.41, 5.74) is 0. The van der Waals surface area contributed by atoms with E-state index in [1.165, 1.54) is 12.5 Å². The van der Waals surface area contributed by atoms with Crippen molar-refractivity contribution in [2.45, 2.75) is 45.8 Å². The van der Waals surface area contributed by atoms with Gasteiger partial charge in [-0.25, -0.2) is 4.79 Å². The van der Waals surface area contributed by atoms with Gasteiger partial charge < -0.3 is 9.84 Å². The number of rotatable bonds is 5. The molecule has 1 aliphatic carbocycles. The van der Waals surface area contributed by atoms with Crippen LogP contribution in [0.5, 0.6) is 0 Å². The summed E-state index contributed by atoms with van der Waals surface area (Å²) in [6.07, 6.45) is 6.73. The first-order valence-electron chi connectivity index (χ1n) is 7.16. The molecular formula is C16H22O3S. The van der Waals surface area contributed by atoms with E-state index in [2.05, 4.69) is 13.8 Å². The SMILES string of the molecule is CC1CCC(OCc2ccc(C=CC(=O)O)s2)CC1C. The summed E-state index contributed by atoms with van der Waals surface area (Å²) in [6.45, 7) is 5.26. The van der Waals surface area contributed by atoms with Gasteiger partial charge >= 0.3 is 5.97 Å². The zero-order valence-corrected chi connectivity index (χ0v) is 12.9. The normalized spacial score (nSPS) is 27.0. The second-order valence-electron chi connectivity index (χ2n) is 5.68. The van der Waals surface area contributed by atoms with Crippen LogP contribution in [0.15, 0.2) is 18.2 Å². The number of ether oxygens (including phenoxy) is 1. The van der Waals surface area contributed by atoms with E-state index in [1.807, 2.05) is 12.1 Å². The van der Waals surface area contributed by atoms with Crippen LogP contribution in [-0.4, -0.2) is 17.2 Å². The average molecular weight is 294 g/mol. The Morgan fingerprint density at radius 1 is 1.40 bits per heavy atom. The lowest BCUT2D eigenvalue weighted by molar-refractivity contribution is -0.131. The van der Waals surface area contributed by atoms with Crippen LogP contribution in [0.2, 0.25) is 0 Å². The molecule has 2 rings (SSSR count). The number of carboxylic acids is 1. The Hall–Kier alpha value is -1.13. The van der Waals surface area contributed by atoms with Crippen LogP contribution in [0.4, 0.5) is 0 Å². The topological polar surface area (TPSA) is 46.5 Å². The number of aliphatic carboxylic acids is 1. The Labute approximate surface area is 124 Å². The molecule has 0 aromatic carbocycles. The van der Waals surface area contributed by atoms with Crippen molar-refractivity contribution in [3.05, 3.63) is 28.0 Å². The molecule has 0 aliphatic heterocycles. The van der Waals surface area contributed by atoms with Crippen molar-refractivity contribution in [3.63, 3.8) is 0 Å². The van der Waals surface area contributed by atoms with Gasteiger partial charge in [0.2, 0.25) is 0 Å². The summed E-state index contributed by atoms with van der Waals surface area (Å²) >= 11 is 1.59. The van der Waals surface area contributed by atoms with Crippen LogP contribution < -0.4 is 0 Å². The molecule has 1 N–H and O–H groups in total. The number of hydrogen-bond acceptors (Lipinski definition) is 3. The molecule has 0 amide bonds. The Balaban J connectivity index is 1.81. The van der Waals surface area contributed by atoms with Crippen LogP contribution in [0.1, 0.15) is 42.9 Å². The van der Waals surface area contributed by atoms with Gasteiger partial charge in [0.15, 0.2) is 0 Å². The van der Waals surface area contributed by atoms with Gasteiger partial charge in [-0.2, -0.15) is 0 Å². The Morgan fingerprint density at radius 2 is 2.20 bits per heavy atom. The van der Waals surface area contributed by atoms with Gasteiger partial charge in [0.05, 0.1) is 12.7 Å². The third-order valence-corrected chi connectivity index (χ3v) is 5.11. The predicted molar refractivity (Wildman–Crippen MR) is 81.7 cm³/mol. The molecule has 0 saturated heterocycles. The molecule has 20 heavy (non-hydrogen) atoms. The van der Waals surface area contributed by atoms with Crippen molar-refractivity contribution >= 4 is 23.4 Å². The summed E-state index contributed by atoms with van der Waals surface area (Å²) in [7, 11) is 0. The molecule has 3 atom stereocenters. The third-order valence-electron chi connectivity index (χ3n) is 4.08. The van der Waals surface area contributed by atoms with E-state index in [1.54, 1.807) is 17.4 Å². The molecule has 3 unspecified atom stereocenters. The minimum Gasteiger partial charge on any atom is -0.478 e. The zero-order valence-electron chi connectivity index (χ0n) is 12.0. The third kappa shape index (κ3) is 4.46. The van der Waals surface area contributed by atoms with E-state index < -0.39 is 5.97 Å². The molecule has 0 radical (unpaired) electrons.